The van der Waals surface area contributed by atoms with Crippen LogP contribution in [-0.2, 0) is 0 Å². The highest BCUT2D eigenvalue weighted by Gasteiger charge is 2.16. The first kappa shape index (κ1) is 17.5. The zero-order valence-electron chi connectivity index (χ0n) is 14.1. The van der Waals surface area contributed by atoms with Crippen molar-refractivity contribution in [3.8, 4) is 5.75 Å². The number of H-pyrrole nitrogens is 1. The van der Waals surface area contributed by atoms with Gasteiger partial charge in [-0.25, -0.2) is 0 Å². The molecule has 1 aliphatic rings. The molecular formula is C19H28N2O2. The van der Waals surface area contributed by atoms with Gasteiger partial charge < -0.3 is 15.4 Å². The van der Waals surface area contributed by atoms with Gasteiger partial charge in [-0.2, -0.15) is 0 Å². The van der Waals surface area contributed by atoms with Gasteiger partial charge in [-0.05, 0) is 67.4 Å². The maximum Gasteiger partial charge on any atom is 0.255 e. The first-order chi connectivity index (χ1) is 11.1. The van der Waals surface area contributed by atoms with Crippen molar-refractivity contribution in [2.24, 2.45) is 11.8 Å². The topological polar surface area (TPSA) is 65.1 Å². The number of rotatable bonds is 3. The number of benzene rings is 1. The molecule has 1 aliphatic carbocycles. The molecular weight excluding hydrogens is 288 g/mol. The highest BCUT2D eigenvalue weighted by molar-refractivity contribution is 5.82. The van der Waals surface area contributed by atoms with E-state index >= 15 is 0 Å². The fraction of sp³-hybridized carbons (Fsp3) is 0.526. The van der Waals surface area contributed by atoms with Gasteiger partial charge in [0.05, 0.1) is 0 Å². The number of aromatic amines is 1. The summed E-state index contributed by atoms with van der Waals surface area (Å²) in [6.07, 6.45) is 7.37. The first-order valence-electron chi connectivity index (χ1n) is 8.61. The van der Waals surface area contributed by atoms with Crippen molar-refractivity contribution in [3.63, 3.8) is 0 Å². The molecule has 0 atom stereocenters. The van der Waals surface area contributed by atoms with Crippen LogP contribution in [0.3, 0.4) is 0 Å². The van der Waals surface area contributed by atoms with Crippen LogP contribution in [0.15, 0.2) is 35.3 Å². The highest BCUT2D eigenvalue weighted by Crippen LogP contribution is 2.27. The van der Waals surface area contributed by atoms with Crippen molar-refractivity contribution in [1.82, 2.24) is 10.3 Å². The van der Waals surface area contributed by atoms with Crippen molar-refractivity contribution in [2.45, 2.75) is 39.5 Å². The van der Waals surface area contributed by atoms with Gasteiger partial charge in [-0.1, -0.05) is 26.7 Å². The molecule has 0 spiro atoms. The average Bonchev–Trinajstić information content (AvgIpc) is 2.55. The molecule has 1 heterocycles. The number of phenols is 1. The predicted molar refractivity (Wildman–Crippen MR) is 95.9 cm³/mol. The van der Waals surface area contributed by atoms with Gasteiger partial charge in [0.2, 0.25) is 0 Å². The van der Waals surface area contributed by atoms with E-state index in [0.29, 0.717) is 5.39 Å². The molecule has 0 aliphatic heterocycles. The largest absolute Gasteiger partial charge is 0.508 e. The Bertz CT molecular complexity index is 655. The molecule has 1 aromatic heterocycles. The SMILES string of the molecule is CCNCC1CCC(C)CC1.O=c1[nH]ccc2cc(O)ccc12. The summed E-state index contributed by atoms with van der Waals surface area (Å²) in [6.45, 7) is 6.95. The van der Waals surface area contributed by atoms with E-state index in [-0.39, 0.29) is 11.3 Å². The molecule has 0 unspecified atom stereocenters. The van der Waals surface area contributed by atoms with Gasteiger partial charge >= 0.3 is 0 Å². The smallest absolute Gasteiger partial charge is 0.255 e. The molecule has 4 heteroatoms. The quantitative estimate of drug-likeness (QED) is 0.809. The molecule has 1 fully saturated rings. The number of hydrogen-bond acceptors (Lipinski definition) is 3. The summed E-state index contributed by atoms with van der Waals surface area (Å²) in [6, 6.07) is 6.40. The molecule has 126 valence electrons. The van der Waals surface area contributed by atoms with Gasteiger partial charge in [0, 0.05) is 11.6 Å². The maximum atomic E-state index is 11.2. The first-order valence-corrected chi connectivity index (χ1v) is 8.61. The van der Waals surface area contributed by atoms with E-state index < -0.39 is 0 Å². The summed E-state index contributed by atoms with van der Waals surface area (Å²) in [5, 5.41) is 13.9. The lowest BCUT2D eigenvalue weighted by Crippen LogP contribution is -2.25. The standard InChI is InChI=1S/C10H21N.C9H7NO2/c1-3-11-8-10-6-4-9(2)5-7-10;11-7-1-2-8-6(5-7)3-4-10-9(8)12/h9-11H,3-8H2,1-2H3;1-5,11H,(H,10,12). The molecule has 0 amide bonds. The number of nitrogens with one attached hydrogen (secondary N) is 2. The molecule has 23 heavy (non-hydrogen) atoms. The third-order valence-electron chi connectivity index (χ3n) is 4.58. The van der Waals surface area contributed by atoms with Crippen LogP contribution in [0.5, 0.6) is 5.75 Å². The Kier molecular flexibility index (Phi) is 6.66. The van der Waals surface area contributed by atoms with Crippen molar-refractivity contribution in [1.29, 1.82) is 0 Å². The molecule has 2 aromatic rings. The van der Waals surface area contributed by atoms with Crippen LogP contribution < -0.4 is 10.9 Å². The summed E-state index contributed by atoms with van der Waals surface area (Å²) in [7, 11) is 0. The molecule has 3 rings (SSSR count). The van der Waals surface area contributed by atoms with Gasteiger partial charge in [0.15, 0.2) is 0 Å². The number of pyridine rings is 1. The molecule has 3 N–H and O–H groups in total. The van der Waals surface area contributed by atoms with Gasteiger partial charge in [0.25, 0.3) is 5.56 Å². The fourth-order valence-corrected chi connectivity index (χ4v) is 3.06. The van der Waals surface area contributed by atoms with E-state index in [1.807, 2.05) is 0 Å². The van der Waals surface area contributed by atoms with Crippen LogP contribution in [-0.4, -0.2) is 23.2 Å². The monoisotopic (exact) mass is 316 g/mol. The minimum atomic E-state index is -0.132. The molecule has 0 saturated heterocycles. The van der Waals surface area contributed by atoms with Crippen LogP contribution in [0.4, 0.5) is 0 Å². The number of fused-ring (bicyclic) bond motifs is 1. The van der Waals surface area contributed by atoms with E-state index in [0.717, 1.165) is 23.8 Å². The van der Waals surface area contributed by atoms with E-state index in [4.69, 9.17) is 5.11 Å². The zero-order chi connectivity index (χ0) is 16.7. The normalized spacial score (nSPS) is 20.8. The van der Waals surface area contributed by atoms with Gasteiger partial charge in [-0.3, -0.25) is 4.79 Å². The molecule has 1 aromatic carbocycles. The van der Waals surface area contributed by atoms with Crippen molar-refractivity contribution >= 4 is 10.8 Å². The average molecular weight is 316 g/mol. The van der Waals surface area contributed by atoms with Gasteiger partial charge in [0.1, 0.15) is 5.75 Å². The number of hydrogen-bond donors (Lipinski definition) is 3. The fourth-order valence-electron chi connectivity index (χ4n) is 3.06. The second kappa shape index (κ2) is 8.73. The van der Waals surface area contributed by atoms with E-state index in [1.165, 1.54) is 38.3 Å². The summed E-state index contributed by atoms with van der Waals surface area (Å²) in [4.78, 5) is 13.7. The molecule has 1 saturated carbocycles. The Labute approximate surface area is 137 Å². The third kappa shape index (κ3) is 5.39. The summed E-state index contributed by atoms with van der Waals surface area (Å²) in [5.74, 6) is 2.15. The van der Waals surface area contributed by atoms with Crippen molar-refractivity contribution < 1.29 is 5.11 Å². The van der Waals surface area contributed by atoms with Crippen LogP contribution in [0, 0.1) is 11.8 Å². The van der Waals surface area contributed by atoms with Crippen LogP contribution in [0.2, 0.25) is 0 Å². The summed E-state index contributed by atoms with van der Waals surface area (Å²) < 4.78 is 0. The number of aromatic nitrogens is 1. The lowest BCUT2D eigenvalue weighted by molar-refractivity contribution is 0.283. The number of aromatic hydroxyl groups is 1. The van der Waals surface area contributed by atoms with E-state index in [9.17, 15) is 4.79 Å². The van der Waals surface area contributed by atoms with Crippen LogP contribution >= 0.6 is 0 Å². The molecule has 0 bridgehead atoms. The van der Waals surface area contributed by atoms with Gasteiger partial charge in [-0.15, -0.1) is 0 Å². The minimum absolute atomic E-state index is 0.132. The predicted octanol–water partition coefficient (Wildman–Crippen LogP) is 3.66. The number of phenolic OH excluding ortho intramolecular Hbond substituents is 1. The van der Waals surface area contributed by atoms with Crippen LogP contribution in [0.25, 0.3) is 10.8 Å². The van der Waals surface area contributed by atoms with Crippen molar-refractivity contribution in [3.05, 3.63) is 40.8 Å². The highest BCUT2D eigenvalue weighted by atomic mass is 16.3. The van der Waals surface area contributed by atoms with Crippen LogP contribution in [0.1, 0.15) is 39.5 Å². The third-order valence-corrected chi connectivity index (χ3v) is 4.58. The Hall–Kier alpha value is -1.81. The summed E-state index contributed by atoms with van der Waals surface area (Å²) >= 11 is 0. The Balaban J connectivity index is 0.000000168. The Morgan fingerprint density at radius 2 is 1.96 bits per heavy atom. The lowest BCUT2D eigenvalue weighted by Gasteiger charge is -2.26. The lowest BCUT2D eigenvalue weighted by atomic mass is 9.83. The molecule has 4 nitrogen and oxygen atoms in total. The summed E-state index contributed by atoms with van der Waals surface area (Å²) in [5.41, 5.74) is -0.132. The zero-order valence-corrected chi connectivity index (χ0v) is 14.1. The minimum Gasteiger partial charge on any atom is -0.508 e. The van der Waals surface area contributed by atoms with Crippen molar-refractivity contribution in [2.75, 3.05) is 13.1 Å². The second-order valence-electron chi connectivity index (χ2n) is 6.51. The maximum absolute atomic E-state index is 11.2. The second-order valence-corrected chi connectivity index (χ2v) is 6.51. The Morgan fingerprint density at radius 1 is 1.22 bits per heavy atom. The van der Waals surface area contributed by atoms with E-state index in [2.05, 4.69) is 24.1 Å². The molecule has 0 radical (unpaired) electrons. The Morgan fingerprint density at radius 3 is 2.65 bits per heavy atom. The van der Waals surface area contributed by atoms with E-state index in [1.54, 1.807) is 24.4 Å².